The van der Waals surface area contributed by atoms with E-state index >= 15 is 0 Å². The molecule has 0 heterocycles. The third-order valence-electron chi connectivity index (χ3n) is 19.9. The molecule has 0 saturated carbocycles. The maximum absolute atomic E-state index is 13.1. The van der Waals surface area contributed by atoms with Crippen molar-refractivity contribution in [2.45, 2.75) is 464 Å². The van der Waals surface area contributed by atoms with Crippen molar-refractivity contribution in [3.63, 3.8) is 0 Å². The van der Waals surface area contributed by atoms with Crippen molar-refractivity contribution in [2.24, 2.45) is 5.92 Å². The fourth-order valence-corrected chi connectivity index (χ4v) is 14.5. The highest BCUT2D eigenvalue weighted by molar-refractivity contribution is 7.47. The fraction of sp³-hybridized carbons (Fsp3) is 0.952. The summed E-state index contributed by atoms with van der Waals surface area (Å²) in [4.78, 5) is 73.1. The standard InChI is InChI=1S/C83H162O17P2/c1-6-10-13-16-19-22-25-28-30-31-32-33-34-35-37-39-42-48-53-58-63-68-82(87)99-78(72-94-81(86)67-62-57-52-47-41-38-36-29-26-23-20-17-14-11-7-2)74-97-101(89,90)95-70-77(84)71-96-102(91,92)98-75-79(73-93-80(85)66-61-56-51-46-40-27-24-21-18-15-12-8-3)100-83(88)69-64-59-54-49-44-43-45-50-55-60-65-76(5)9-4/h76-79,84H,6-75H2,1-5H3,(H,89,90)(H,91,92)/t76?,77-,78-,79-/m1/s1. The minimum absolute atomic E-state index is 0.107. The molecule has 0 amide bonds. The first kappa shape index (κ1) is 100. The van der Waals surface area contributed by atoms with Crippen LogP contribution in [0, 0.1) is 5.92 Å². The highest BCUT2D eigenvalue weighted by Gasteiger charge is 2.30. The van der Waals surface area contributed by atoms with Crippen molar-refractivity contribution in [1.82, 2.24) is 0 Å². The first-order chi connectivity index (χ1) is 49.6. The lowest BCUT2D eigenvalue weighted by atomic mass is 9.99. The number of aliphatic hydroxyl groups excluding tert-OH is 1. The maximum atomic E-state index is 13.1. The fourth-order valence-electron chi connectivity index (χ4n) is 12.9. The molecule has 0 bridgehead atoms. The van der Waals surface area contributed by atoms with E-state index in [9.17, 15) is 43.2 Å². The van der Waals surface area contributed by atoms with Gasteiger partial charge in [-0.3, -0.25) is 37.3 Å². The van der Waals surface area contributed by atoms with Gasteiger partial charge in [0, 0.05) is 25.7 Å². The van der Waals surface area contributed by atoms with E-state index in [1.165, 1.54) is 270 Å². The predicted octanol–water partition coefficient (Wildman–Crippen LogP) is 25.2. The third kappa shape index (κ3) is 74.9. The normalized spacial score (nSPS) is 14.1. The Labute approximate surface area is 626 Å². The van der Waals surface area contributed by atoms with Crippen molar-refractivity contribution >= 4 is 39.5 Å². The van der Waals surface area contributed by atoms with Gasteiger partial charge < -0.3 is 33.8 Å². The number of unbranched alkanes of at least 4 members (excludes halogenated alkanes) is 54. The summed E-state index contributed by atoms with van der Waals surface area (Å²) in [7, 11) is -9.92. The monoisotopic (exact) mass is 1490 g/mol. The maximum Gasteiger partial charge on any atom is 0.472 e. The Morgan fingerprint density at radius 1 is 0.275 bits per heavy atom. The molecule has 17 nitrogen and oxygen atoms in total. The molecule has 3 N–H and O–H groups in total. The second-order valence-electron chi connectivity index (χ2n) is 30.1. The zero-order chi connectivity index (χ0) is 74.8. The van der Waals surface area contributed by atoms with Crippen LogP contribution >= 0.6 is 15.6 Å². The summed E-state index contributed by atoms with van der Waals surface area (Å²) in [6, 6.07) is 0. The highest BCUT2D eigenvalue weighted by atomic mass is 31.2. The Morgan fingerprint density at radius 3 is 0.696 bits per heavy atom. The number of hydrogen-bond acceptors (Lipinski definition) is 15. The van der Waals surface area contributed by atoms with Gasteiger partial charge in [0.05, 0.1) is 26.4 Å². The second kappa shape index (κ2) is 75.9. The average Bonchev–Trinajstić information content (AvgIpc) is 0.931. The summed E-state index contributed by atoms with van der Waals surface area (Å²) in [6.45, 7) is 7.37. The van der Waals surface area contributed by atoms with Crippen LogP contribution in [0.1, 0.15) is 446 Å². The van der Waals surface area contributed by atoms with E-state index in [-0.39, 0.29) is 25.7 Å². The van der Waals surface area contributed by atoms with Crippen LogP contribution < -0.4 is 0 Å². The number of phosphoric acid groups is 2. The molecule has 19 heteroatoms. The number of aliphatic hydroxyl groups is 1. The van der Waals surface area contributed by atoms with E-state index in [1.807, 2.05) is 0 Å². The molecule has 0 fully saturated rings. The summed E-state index contributed by atoms with van der Waals surface area (Å²) in [6.07, 6.45) is 67.9. The van der Waals surface area contributed by atoms with Crippen molar-refractivity contribution < 1.29 is 80.2 Å². The van der Waals surface area contributed by atoms with Gasteiger partial charge in [0.1, 0.15) is 19.3 Å². The van der Waals surface area contributed by atoms with Crippen molar-refractivity contribution in [1.29, 1.82) is 0 Å². The van der Waals surface area contributed by atoms with Gasteiger partial charge in [0.25, 0.3) is 0 Å². The van der Waals surface area contributed by atoms with Crippen LogP contribution in [0.5, 0.6) is 0 Å². The third-order valence-corrected chi connectivity index (χ3v) is 21.8. The van der Waals surface area contributed by atoms with Crippen molar-refractivity contribution in [3.05, 3.63) is 0 Å². The quantitative estimate of drug-likeness (QED) is 0.0222. The van der Waals surface area contributed by atoms with Crippen LogP contribution in [0.3, 0.4) is 0 Å². The number of ether oxygens (including phenoxy) is 4. The lowest BCUT2D eigenvalue weighted by molar-refractivity contribution is -0.161. The minimum atomic E-state index is -4.96. The molecule has 606 valence electrons. The Morgan fingerprint density at radius 2 is 0.471 bits per heavy atom. The smallest absolute Gasteiger partial charge is 0.462 e. The van der Waals surface area contributed by atoms with Gasteiger partial charge in [0.15, 0.2) is 12.2 Å². The number of hydrogen-bond donors (Lipinski definition) is 3. The summed E-state index contributed by atoms with van der Waals surface area (Å²) in [5.74, 6) is -1.30. The van der Waals surface area contributed by atoms with E-state index in [1.54, 1.807) is 0 Å². The van der Waals surface area contributed by atoms with E-state index < -0.39 is 97.5 Å². The van der Waals surface area contributed by atoms with Crippen molar-refractivity contribution in [3.8, 4) is 0 Å². The molecule has 0 saturated heterocycles. The number of esters is 4. The average molecular weight is 1490 g/mol. The summed E-state index contributed by atoms with van der Waals surface area (Å²) in [5, 5.41) is 10.7. The molecule has 0 spiro atoms. The highest BCUT2D eigenvalue weighted by Crippen LogP contribution is 2.45. The van der Waals surface area contributed by atoms with Gasteiger partial charge in [-0.25, -0.2) is 9.13 Å². The topological polar surface area (TPSA) is 237 Å². The number of carbonyl (C=O) groups is 4. The molecular formula is C83H162O17P2. The van der Waals surface area contributed by atoms with E-state index in [0.717, 1.165) is 95.8 Å². The summed E-state index contributed by atoms with van der Waals surface area (Å²) < 4.78 is 68.8. The first-order valence-corrected chi connectivity index (χ1v) is 46.2. The minimum Gasteiger partial charge on any atom is -0.462 e. The largest absolute Gasteiger partial charge is 0.472 e. The predicted molar refractivity (Wildman–Crippen MR) is 418 cm³/mol. The van der Waals surface area contributed by atoms with Gasteiger partial charge in [-0.1, -0.05) is 394 Å². The van der Waals surface area contributed by atoms with Gasteiger partial charge in [-0.2, -0.15) is 0 Å². The molecule has 0 rings (SSSR count). The lowest BCUT2D eigenvalue weighted by Gasteiger charge is -2.21. The van der Waals surface area contributed by atoms with Gasteiger partial charge in [-0.15, -0.1) is 0 Å². The molecule has 0 aromatic heterocycles. The molecule has 102 heavy (non-hydrogen) atoms. The van der Waals surface area contributed by atoms with E-state index in [0.29, 0.717) is 25.7 Å². The lowest BCUT2D eigenvalue weighted by Crippen LogP contribution is -2.30. The molecule has 0 aliphatic carbocycles. The van der Waals surface area contributed by atoms with Crippen LogP contribution in [0.25, 0.3) is 0 Å². The zero-order valence-electron chi connectivity index (χ0n) is 66.8. The Kier molecular flexibility index (Phi) is 74.4. The summed E-state index contributed by atoms with van der Waals surface area (Å²) >= 11 is 0. The molecule has 0 aromatic carbocycles. The molecule has 0 aliphatic rings. The molecule has 6 atom stereocenters. The first-order valence-electron chi connectivity index (χ1n) is 43.2. The molecule has 0 radical (unpaired) electrons. The Bertz CT molecular complexity index is 1950. The van der Waals surface area contributed by atoms with E-state index in [2.05, 4.69) is 34.6 Å². The van der Waals surface area contributed by atoms with Gasteiger partial charge in [-0.05, 0) is 31.6 Å². The molecule has 0 aliphatic heterocycles. The van der Waals surface area contributed by atoms with Crippen LogP contribution in [0.4, 0.5) is 0 Å². The molecule has 3 unspecified atom stereocenters. The summed E-state index contributed by atoms with van der Waals surface area (Å²) in [5.41, 5.74) is 0. The second-order valence-corrected chi connectivity index (χ2v) is 33.0. The van der Waals surface area contributed by atoms with Gasteiger partial charge >= 0.3 is 39.5 Å². The SMILES string of the molecule is CCCCCCCCCCCCCCCCCCCCCCCC(=O)O[C@H](COC(=O)CCCCCCCCCCCCCCCCC)COP(=O)(O)OC[C@@H](O)COP(=O)(O)OC[C@@H](COC(=O)CCCCCCCCCCCCCC)OC(=O)CCCCCCCCCCCCC(C)CC. The zero-order valence-corrected chi connectivity index (χ0v) is 68.5. The van der Waals surface area contributed by atoms with Crippen LogP contribution in [-0.2, 0) is 65.4 Å². The number of carbonyl (C=O) groups excluding carboxylic acids is 4. The van der Waals surface area contributed by atoms with Crippen molar-refractivity contribution in [2.75, 3.05) is 39.6 Å². The van der Waals surface area contributed by atoms with Gasteiger partial charge in [0.2, 0.25) is 0 Å². The van der Waals surface area contributed by atoms with Crippen LogP contribution in [0.15, 0.2) is 0 Å². The number of rotatable bonds is 83. The molecule has 0 aromatic rings. The molecular weight excluding hydrogens is 1330 g/mol. The van der Waals surface area contributed by atoms with Crippen LogP contribution in [-0.4, -0.2) is 96.7 Å². The van der Waals surface area contributed by atoms with Crippen LogP contribution in [0.2, 0.25) is 0 Å². The Balaban J connectivity index is 5.24. The number of phosphoric ester groups is 2. The van der Waals surface area contributed by atoms with E-state index in [4.69, 9.17) is 37.0 Å². The Hall–Kier alpha value is -1.94.